The molecule has 0 aliphatic rings. The molecule has 0 aromatic heterocycles. The number of benzene rings is 3. The number of carbonyl (C=O) groups excluding carboxylic acids is 1. The van der Waals surface area contributed by atoms with Crippen molar-refractivity contribution in [1.29, 1.82) is 0 Å². The van der Waals surface area contributed by atoms with Gasteiger partial charge in [0.15, 0.2) is 0 Å². The quantitative estimate of drug-likeness (QED) is 0.575. The summed E-state index contributed by atoms with van der Waals surface area (Å²) in [5.41, 5.74) is 1.01. The van der Waals surface area contributed by atoms with Gasteiger partial charge >= 0.3 is 5.97 Å². The highest BCUT2D eigenvalue weighted by molar-refractivity contribution is 6.08. The fourth-order valence-electron chi connectivity index (χ4n) is 2.70. The van der Waals surface area contributed by atoms with Crippen LogP contribution in [0.1, 0.15) is 18.4 Å². The van der Waals surface area contributed by atoms with Gasteiger partial charge in [-0.05, 0) is 39.6 Å². The van der Waals surface area contributed by atoms with Crippen LogP contribution in [0.4, 0.5) is 0 Å². The Morgan fingerprint density at radius 2 is 1.64 bits per heavy atom. The second-order valence-electron chi connectivity index (χ2n) is 5.29. The summed E-state index contributed by atoms with van der Waals surface area (Å²) in [4.78, 5) is 11.6. The van der Waals surface area contributed by atoms with Crippen molar-refractivity contribution in [1.82, 2.24) is 0 Å². The minimum atomic E-state index is -0.272. The molecule has 0 amide bonds. The maximum Gasteiger partial charge on any atom is 0.306 e. The van der Waals surface area contributed by atoms with Crippen LogP contribution in [0, 0.1) is 0 Å². The number of ether oxygens (including phenoxy) is 1. The second kappa shape index (κ2) is 6.58. The SMILES string of the molecule is O=C(CCCO)OCc1cc2ccccc2c2ccccc12. The summed E-state index contributed by atoms with van der Waals surface area (Å²) >= 11 is 0. The Morgan fingerprint density at radius 1 is 0.955 bits per heavy atom. The van der Waals surface area contributed by atoms with Crippen LogP contribution in [0.5, 0.6) is 0 Å². The van der Waals surface area contributed by atoms with Crippen molar-refractivity contribution in [2.45, 2.75) is 19.4 Å². The molecule has 0 saturated heterocycles. The second-order valence-corrected chi connectivity index (χ2v) is 5.29. The van der Waals surface area contributed by atoms with E-state index in [1.807, 2.05) is 24.3 Å². The largest absolute Gasteiger partial charge is 0.461 e. The smallest absolute Gasteiger partial charge is 0.306 e. The van der Waals surface area contributed by atoms with Crippen molar-refractivity contribution in [2.75, 3.05) is 6.61 Å². The minimum absolute atomic E-state index is 0.00794. The van der Waals surface area contributed by atoms with Gasteiger partial charge in [-0.25, -0.2) is 0 Å². The summed E-state index contributed by atoms with van der Waals surface area (Å²) in [6, 6.07) is 18.5. The zero-order valence-corrected chi connectivity index (χ0v) is 12.3. The van der Waals surface area contributed by atoms with Crippen LogP contribution < -0.4 is 0 Å². The zero-order valence-electron chi connectivity index (χ0n) is 12.3. The van der Waals surface area contributed by atoms with Gasteiger partial charge in [-0.3, -0.25) is 4.79 Å². The first-order valence-corrected chi connectivity index (χ1v) is 7.45. The zero-order chi connectivity index (χ0) is 15.4. The van der Waals surface area contributed by atoms with Gasteiger partial charge in [-0.15, -0.1) is 0 Å². The lowest BCUT2D eigenvalue weighted by molar-refractivity contribution is -0.145. The molecule has 3 nitrogen and oxygen atoms in total. The number of hydrogen-bond donors (Lipinski definition) is 1. The minimum Gasteiger partial charge on any atom is -0.461 e. The third-order valence-corrected chi connectivity index (χ3v) is 3.78. The van der Waals surface area contributed by atoms with E-state index in [-0.39, 0.29) is 25.6 Å². The molecule has 0 heterocycles. The van der Waals surface area contributed by atoms with Crippen LogP contribution in [0.2, 0.25) is 0 Å². The van der Waals surface area contributed by atoms with Crippen molar-refractivity contribution in [3.63, 3.8) is 0 Å². The van der Waals surface area contributed by atoms with E-state index in [0.29, 0.717) is 6.42 Å². The summed E-state index contributed by atoms with van der Waals surface area (Å²) in [5, 5.41) is 13.4. The van der Waals surface area contributed by atoms with Crippen LogP contribution in [-0.4, -0.2) is 17.7 Å². The van der Waals surface area contributed by atoms with E-state index in [1.54, 1.807) is 0 Å². The molecule has 0 saturated carbocycles. The normalized spacial score (nSPS) is 11.0. The lowest BCUT2D eigenvalue weighted by Crippen LogP contribution is -2.05. The molecule has 3 aromatic carbocycles. The molecule has 0 unspecified atom stereocenters. The van der Waals surface area contributed by atoms with Crippen molar-refractivity contribution < 1.29 is 14.6 Å². The van der Waals surface area contributed by atoms with Crippen molar-refractivity contribution in [2.24, 2.45) is 0 Å². The Balaban J connectivity index is 1.95. The highest BCUT2D eigenvalue weighted by atomic mass is 16.5. The maximum atomic E-state index is 11.6. The van der Waals surface area contributed by atoms with E-state index in [9.17, 15) is 4.79 Å². The highest BCUT2D eigenvalue weighted by Crippen LogP contribution is 2.29. The number of hydrogen-bond acceptors (Lipinski definition) is 3. The van der Waals surface area contributed by atoms with E-state index < -0.39 is 0 Å². The molecule has 0 radical (unpaired) electrons. The summed E-state index contributed by atoms with van der Waals surface area (Å²) in [6.45, 7) is 0.267. The van der Waals surface area contributed by atoms with E-state index in [2.05, 4.69) is 30.3 Å². The van der Waals surface area contributed by atoms with Crippen LogP contribution >= 0.6 is 0 Å². The van der Waals surface area contributed by atoms with Gasteiger partial charge in [0, 0.05) is 13.0 Å². The highest BCUT2D eigenvalue weighted by Gasteiger charge is 2.08. The summed E-state index contributed by atoms with van der Waals surface area (Å²) in [6.07, 6.45) is 0.694. The monoisotopic (exact) mass is 294 g/mol. The van der Waals surface area contributed by atoms with Crippen molar-refractivity contribution in [3.8, 4) is 0 Å². The third-order valence-electron chi connectivity index (χ3n) is 3.78. The fourth-order valence-corrected chi connectivity index (χ4v) is 2.70. The average Bonchev–Trinajstić information content (AvgIpc) is 2.58. The Bertz CT molecular complexity index is 808. The lowest BCUT2D eigenvalue weighted by Gasteiger charge is -2.11. The number of aliphatic hydroxyl groups is 1. The van der Waals surface area contributed by atoms with E-state index in [1.165, 1.54) is 10.8 Å². The number of carbonyl (C=O) groups is 1. The average molecular weight is 294 g/mol. The molecule has 1 N–H and O–H groups in total. The van der Waals surface area contributed by atoms with Crippen LogP contribution in [0.15, 0.2) is 54.6 Å². The first kappa shape index (κ1) is 14.5. The maximum absolute atomic E-state index is 11.6. The van der Waals surface area contributed by atoms with Crippen LogP contribution in [-0.2, 0) is 16.1 Å². The van der Waals surface area contributed by atoms with Gasteiger partial charge in [0.05, 0.1) is 0 Å². The van der Waals surface area contributed by atoms with E-state index in [4.69, 9.17) is 9.84 Å². The molecule has 0 atom stereocenters. The standard InChI is InChI=1S/C19H18O3/c20-11-5-10-19(21)22-13-15-12-14-6-1-2-7-16(14)18-9-4-3-8-17(15)18/h1-4,6-9,12,20H,5,10-11,13H2. The molecule has 0 aliphatic carbocycles. The van der Waals surface area contributed by atoms with Gasteiger partial charge < -0.3 is 9.84 Å². The third kappa shape index (κ3) is 2.95. The molecule has 3 aromatic rings. The van der Waals surface area contributed by atoms with Crippen LogP contribution in [0.25, 0.3) is 21.5 Å². The van der Waals surface area contributed by atoms with Crippen LogP contribution in [0.3, 0.4) is 0 Å². The Labute approximate surface area is 129 Å². The van der Waals surface area contributed by atoms with Crippen molar-refractivity contribution >= 4 is 27.5 Å². The van der Waals surface area contributed by atoms with E-state index >= 15 is 0 Å². The summed E-state index contributed by atoms with van der Waals surface area (Å²) in [5.74, 6) is -0.272. The fraction of sp³-hybridized carbons (Fsp3) is 0.211. The summed E-state index contributed by atoms with van der Waals surface area (Å²) < 4.78 is 5.34. The van der Waals surface area contributed by atoms with Gasteiger partial charge in [0.2, 0.25) is 0 Å². The van der Waals surface area contributed by atoms with Gasteiger partial charge in [-0.1, -0.05) is 48.5 Å². The predicted molar refractivity (Wildman–Crippen MR) is 87.6 cm³/mol. The van der Waals surface area contributed by atoms with Crippen molar-refractivity contribution in [3.05, 3.63) is 60.2 Å². The van der Waals surface area contributed by atoms with E-state index in [0.717, 1.165) is 16.3 Å². The number of rotatable bonds is 5. The molecule has 112 valence electrons. The Kier molecular flexibility index (Phi) is 4.35. The molecule has 0 fully saturated rings. The van der Waals surface area contributed by atoms with Gasteiger partial charge in [0.25, 0.3) is 0 Å². The number of esters is 1. The molecule has 0 spiro atoms. The topological polar surface area (TPSA) is 46.5 Å². The number of fused-ring (bicyclic) bond motifs is 3. The molecular formula is C19H18O3. The molecular weight excluding hydrogens is 276 g/mol. The first-order valence-electron chi connectivity index (χ1n) is 7.45. The lowest BCUT2D eigenvalue weighted by atomic mass is 9.98. The molecule has 22 heavy (non-hydrogen) atoms. The number of aliphatic hydroxyl groups excluding tert-OH is 1. The molecule has 0 bridgehead atoms. The summed E-state index contributed by atoms with van der Waals surface area (Å²) in [7, 11) is 0. The first-order chi connectivity index (χ1) is 10.8. The van der Waals surface area contributed by atoms with Gasteiger partial charge in [-0.2, -0.15) is 0 Å². The predicted octanol–water partition coefficient (Wildman–Crippen LogP) is 3.81. The molecule has 3 rings (SSSR count). The Morgan fingerprint density at radius 3 is 2.41 bits per heavy atom. The van der Waals surface area contributed by atoms with Gasteiger partial charge in [0.1, 0.15) is 6.61 Å². The molecule has 3 heteroatoms. The Hall–Kier alpha value is -2.39. The molecule has 0 aliphatic heterocycles.